The predicted octanol–water partition coefficient (Wildman–Crippen LogP) is 1.53. The van der Waals surface area contributed by atoms with Crippen molar-refractivity contribution in [2.24, 2.45) is 0 Å². The fourth-order valence-corrected chi connectivity index (χ4v) is 2.06. The molecule has 1 aliphatic rings. The van der Waals surface area contributed by atoms with E-state index in [2.05, 4.69) is 5.32 Å². The summed E-state index contributed by atoms with van der Waals surface area (Å²) in [5.74, 6) is -0.580. The average Bonchev–Trinajstić information content (AvgIpc) is 2.28. The fourth-order valence-electron chi connectivity index (χ4n) is 2.06. The molecule has 0 amide bonds. The van der Waals surface area contributed by atoms with E-state index < -0.39 is 10.7 Å². The van der Waals surface area contributed by atoms with E-state index in [1.54, 1.807) is 0 Å². The van der Waals surface area contributed by atoms with E-state index in [1.165, 1.54) is 12.1 Å². The number of hydrogen-bond acceptors (Lipinski definition) is 4. The molecule has 92 valence electrons. The lowest BCUT2D eigenvalue weighted by Gasteiger charge is -2.33. The van der Waals surface area contributed by atoms with Crippen LogP contribution in [0.25, 0.3) is 0 Å². The predicted molar refractivity (Wildman–Crippen MR) is 62.7 cm³/mol. The van der Waals surface area contributed by atoms with Gasteiger partial charge in [-0.25, -0.2) is 4.39 Å². The molecule has 0 unspecified atom stereocenters. The third-order valence-electron chi connectivity index (χ3n) is 2.84. The molecule has 1 fully saturated rings. The SMILES string of the molecule is C[C@H]1CN(c2ccc(F)cc2[N+](=O)[O-])CCN1. The van der Waals surface area contributed by atoms with Gasteiger partial charge in [-0.2, -0.15) is 0 Å². The van der Waals surface area contributed by atoms with Gasteiger partial charge in [-0.05, 0) is 19.1 Å². The van der Waals surface area contributed by atoms with Crippen LogP contribution >= 0.6 is 0 Å². The van der Waals surface area contributed by atoms with Gasteiger partial charge < -0.3 is 10.2 Å². The van der Waals surface area contributed by atoms with Gasteiger partial charge in [0.2, 0.25) is 0 Å². The number of piperazine rings is 1. The monoisotopic (exact) mass is 239 g/mol. The molecule has 0 bridgehead atoms. The van der Waals surface area contributed by atoms with Crippen molar-refractivity contribution >= 4 is 11.4 Å². The Kier molecular flexibility index (Phi) is 3.23. The van der Waals surface area contributed by atoms with Crippen LogP contribution in [0.4, 0.5) is 15.8 Å². The first kappa shape index (κ1) is 11.8. The molecule has 0 aliphatic carbocycles. The molecular formula is C11H14FN3O2. The summed E-state index contributed by atoms with van der Waals surface area (Å²) in [6.07, 6.45) is 0. The molecular weight excluding hydrogens is 225 g/mol. The zero-order valence-electron chi connectivity index (χ0n) is 9.52. The van der Waals surface area contributed by atoms with Crippen LogP contribution in [0.2, 0.25) is 0 Å². The fraction of sp³-hybridized carbons (Fsp3) is 0.455. The van der Waals surface area contributed by atoms with Crippen LogP contribution in [0.1, 0.15) is 6.92 Å². The highest BCUT2D eigenvalue weighted by Gasteiger charge is 2.23. The Labute approximate surface area is 98.4 Å². The minimum absolute atomic E-state index is 0.167. The molecule has 1 atom stereocenters. The molecule has 1 aliphatic heterocycles. The summed E-state index contributed by atoms with van der Waals surface area (Å²) in [7, 11) is 0. The van der Waals surface area contributed by atoms with E-state index in [9.17, 15) is 14.5 Å². The lowest BCUT2D eigenvalue weighted by Crippen LogP contribution is -2.49. The molecule has 1 heterocycles. The normalized spacial score (nSPS) is 20.4. The minimum atomic E-state index is -0.580. The summed E-state index contributed by atoms with van der Waals surface area (Å²) in [6.45, 7) is 4.17. The number of benzene rings is 1. The average molecular weight is 239 g/mol. The summed E-state index contributed by atoms with van der Waals surface area (Å²) >= 11 is 0. The maximum absolute atomic E-state index is 13.0. The second-order valence-electron chi connectivity index (χ2n) is 4.19. The first-order valence-electron chi connectivity index (χ1n) is 5.50. The van der Waals surface area contributed by atoms with Gasteiger partial charge in [-0.15, -0.1) is 0 Å². The van der Waals surface area contributed by atoms with Crippen molar-refractivity contribution in [2.75, 3.05) is 24.5 Å². The van der Waals surface area contributed by atoms with Crippen molar-refractivity contribution in [3.63, 3.8) is 0 Å². The van der Waals surface area contributed by atoms with Crippen LogP contribution in [0.5, 0.6) is 0 Å². The van der Waals surface area contributed by atoms with E-state index in [1.807, 2.05) is 11.8 Å². The number of nitrogens with one attached hydrogen (secondary N) is 1. The summed E-state index contributed by atoms with van der Waals surface area (Å²) in [6, 6.07) is 3.98. The number of nitro benzene ring substituents is 1. The van der Waals surface area contributed by atoms with Crippen molar-refractivity contribution in [2.45, 2.75) is 13.0 Å². The minimum Gasteiger partial charge on any atom is -0.363 e. The molecule has 0 aromatic heterocycles. The second kappa shape index (κ2) is 4.67. The third-order valence-corrected chi connectivity index (χ3v) is 2.84. The summed E-state index contributed by atoms with van der Waals surface area (Å²) < 4.78 is 13.0. The lowest BCUT2D eigenvalue weighted by atomic mass is 10.2. The number of hydrogen-bond donors (Lipinski definition) is 1. The second-order valence-corrected chi connectivity index (χ2v) is 4.19. The van der Waals surface area contributed by atoms with Gasteiger partial charge >= 0.3 is 0 Å². The van der Waals surface area contributed by atoms with Gasteiger partial charge in [0, 0.05) is 25.7 Å². The van der Waals surface area contributed by atoms with Gasteiger partial charge in [0.05, 0.1) is 11.0 Å². The molecule has 0 radical (unpaired) electrons. The molecule has 1 N–H and O–H groups in total. The Bertz CT molecular complexity index is 439. The van der Waals surface area contributed by atoms with Crippen molar-refractivity contribution in [1.29, 1.82) is 0 Å². The van der Waals surface area contributed by atoms with E-state index in [0.29, 0.717) is 18.8 Å². The molecule has 17 heavy (non-hydrogen) atoms. The highest BCUT2D eigenvalue weighted by atomic mass is 19.1. The Morgan fingerprint density at radius 3 is 3.00 bits per heavy atom. The van der Waals surface area contributed by atoms with E-state index >= 15 is 0 Å². The van der Waals surface area contributed by atoms with Crippen molar-refractivity contribution in [1.82, 2.24) is 5.32 Å². The quantitative estimate of drug-likeness (QED) is 0.628. The molecule has 2 rings (SSSR count). The first-order valence-corrected chi connectivity index (χ1v) is 5.50. The van der Waals surface area contributed by atoms with E-state index in [-0.39, 0.29) is 11.7 Å². The van der Waals surface area contributed by atoms with Gasteiger partial charge in [-0.1, -0.05) is 0 Å². The molecule has 5 nitrogen and oxygen atoms in total. The van der Waals surface area contributed by atoms with E-state index in [0.717, 1.165) is 12.6 Å². The van der Waals surface area contributed by atoms with Crippen LogP contribution in [0, 0.1) is 15.9 Å². The van der Waals surface area contributed by atoms with Gasteiger partial charge in [0.25, 0.3) is 5.69 Å². The Balaban J connectivity index is 2.33. The lowest BCUT2D eigenvalue weighted by molar-refractivity contribution is -0.384. The summed E-state index contributed by atoms with van der Waals surface area (Å²) in [4.78, 5) is 12.3. The number of rotatable bonds is 2. The van der Waals surface area contributed by atoms with Crippen LogP contribution in [-0.4, -0.2) is 30.6 Å². The Hall–Kier alpha value is -1.69. The number of nitro groups is 1. The third kappa shape index (κ3) is 2.52. The zero-order valence-corrected chi connectivity index (χ0v) is 9.52. The van der Waals surface area contributed by atoms with Gasteiger partial charge in [-0.3, -0.25) is 10.1 Å². The zero-order chi connectivity index (χ0) is 12.4. The summed E-state index contributed by atoms with van der Waals surface area (Å²) in [5, 5.41) is 14.2. The number of nitrogens with zero attached hydrogens (tertiary/aromatic N) is 2. The number of anilines is 1. The molecule has 1 aromatic rings. The largest absolute Gasteiger partial charge is 0.363 e. The van der Waals surface area contributed by atoms with Gasteiger partial charge in [0.15, 0.2) is 0 Å². The topological polar surface area (TPSA) is 58.4 Å². The Morgan fingerprint density at radius 1 is 1.59 bits per heavy atom. The molecule has 1 saturated heterocycles. The maximum Gasteiger partial charge on any atom is 0.295 e. The van der Waals surface area contributed by atoms with Crippen LogP contribution in [0.3, 0.4) is 0 Å². The standard InChI is InChI=1S/C11H14FN3O2/c1-8-7-14(5-4-13-8)10-3-2-9(12)6-11(10)15(16)17/h2-3,6,8,13H,4-5,7H2,1H3/t8-/m0/s1. The summed E-state index contributed by atoms with van der Waals surface area (Å²) in [5.41, 5.74) is 0.323. The van der Waals surface area contributed by atoms with E-state index in [4.69, 9.17) is 0 Å². The van der Waals surface area contributed by atoms with Crippen LogP contribution < -0.4 is 10.2 Å². The molecule has 0 saturated carbocycles. The highest BCUT2D eigenvalue weighted by molar-refractivity contribution is 5.63. The molecule has 0 spiro atoms. The molecule has 1 aromatic carbocycles. The van der Waals surface area contributed by atoms with Gasteiger partial charge in [0.1, 0.15) is 11.5 Å². The highest BCUT2D eigenvalue weighted by Crippen LogP contribution is 2.29. The molecule has 6 heteroatoms. The number of halogens is 1. The first-order chi connectivity index (χ1) is 8.08. The van der Waals surface area contributed by atoms with Crippen LogP contribution in [-0.2, 0) is 0 Å². The maximum atomic E-state index is 13.0. The van der Waals surface area contributed by atoms with Crippen molar-refractivity contribution in [3.05, 3.63) is 34.1 Å². The smallest absolute Gasteiger partial charge is 0.295 e. The van der Waals surface area contributed by atoms with Crippen molar-refractivity contribution in [3.8, 4) is 0 Å². The Morgan fingerprint density at radius 2 is 2.35 bits per heavy atom. The van der Waals surface area contributed by atoms with Crippen LogP contribution in [0.15, 0.2) is 18.2 Å². The van der Waals surface area contributed by atoms with Crippen molar-refractivity contribution < 1.29 is 9.31 Å².